The monoisotopic (exact) mass is 179 g/mol. The molecule has 0 radical (unpaired) electrons. The molecule has 0 aromatic carbocycles. The lowest BCUT2D eigenvalue weighted by atomic mass is 9.87. The predicted octanol–water partition coefficient (Wildman–Crippen LogP) is 4.06. The summed E-state index contributed by atoms with van der Waals surface area (Å²) in [6, 6.07) is 2.17. The van der Waals surface area contributed by atoms with Gasteiger partial charge in [-0.3, -0.25) is 0 Å². The zero-order chi connectivity index (χ0) is 10.2. The van der Waals surface area contributed by atoms with E-state index in [1.54, 1.807) is 0 Å². The summed E-state index contributed by atoms with van der Waals surface area (Å²) < 4.78 is 0. The van der Waals surface area contributed by atoms with E-state index in [1.165, 1.54) is 25.7 Å². The highest BCUT2D eigenvalue weighted by molar-refractivity contribution is 4.86. The second-order valence-electron chi connectivity index (χ2n) is 4.27. The highest BCUT2D eigenvalue weighted by atomic mass is 14.2. The van der Waals surface area contributed by atoms with E-state index in [0.717, 1.165) is 6.42 Å². The van der Waals surface area contributed by atoms with Crippen molar-refractivity contribution in [2.45, 2.75) is 52.4 Å². The molecule has 0 N–H and O–H groups in total. The van der Waals surface area contributed by atoms with Gasteiger partial charge in [-0.15, -0.1) is 6.58 Å². The van der Waals surface area contributed by atoms with Crippen molar-refractivity contribution in [3.63, 3.8) is 0 Å². The fourth-order valence-electron chi connectivity index (χ4n) is 1.24. The van der Waals surface area contributed by atoms with Crippen LogP contribution in [0.4, 0.5) is 0 Å². The fourth-order valence-corrected chi connectivity index (χ4v) is 1.24. The SMILES string of the molecule is C=CC(C)(C)CCCCCCC#N. The molecule has 0 amide bonds. The first-order chi connectivity index (χ1) is 6.12. The van der Waals surface area contributed by atoms with Crippen LogP contribution in [0.5, 0.6) is 0 Å². The van der Waals surface area contributed by atoms with E-state index < -0.39 is 0 Å². The summed E-state index contributed by atoms with van der Waals surface area (Å²) in [6.07, 6.45) is 8.71. The van der Waals surface area contributed by atoms with E-state index in [2.05, 4.69) is 26.5 Å². The van der Waals surface area contributed by atoms with Gasteiger partial charge in [0.25, 0.3) is 0 Å². The molecular formula is C12H21N. The normalized spacial score (nSPS) is 10.8. The number of hydrogen-bond acceptors (Lipinski definition) is 1. The van der Waals surface area contributed by atoms with Gasteiger partial charge in [0.05, 0.1) is 6.07 Å². The van der Waals surface area contributed by atoms with Crippen molar-refractivity contribution in [1.29, 1.82) is 5.26 Å². The molecule has 0 rings (SSSR count). The van der Waals surface area contributed by atoms with Crippen LogP contribution in [0.15, 0.2) is 12.7 Å². The van der Waals surface area contributed by atoms with Crippen molar-refractivity contribution in [2.75, 3.05) is 0 Å². The first-order valence-electron chi connectivity index (χ1n) is 5.13. The summed E-state index contributed by atoms with van der Waals surface area (Å²) in [5.41, 5.74) is 0.287. The van der Waals surface area contributed by atoms with Crippen LogP contribution in [-0.4, -0.2) is 0 Å². The lowest BCUT2D eigenvalue weighted by Crippen LogP contribution is -2.05. The third-order valence-corrected chi connectivity index (χ3v) is 2.41. The molecule has 0 aromatic rings. The third kappa shape index (κ3) is 7.59. The zero-order valence-electron chi connectivity index (χ0n) is 8.97. The Morgan fingerprint density at radius 2 is 1.85 bits per heavy atom. The largest absolute Gasteiger partial charge is 0.198 e. The van der Waals surface area contributed by atoms with Crippen molar-refractivity contribution in [3.8, 4) is 6.07 Å². The third-order valence-electron chi connectivity index (χ3n) is 2.41. The smallest absolute Gasteiger partial charge is 0.0621 e. The number of rotatable bonds is 7. The molecule has 13 heavy (non-hydrogen) atoms. The van der Waals surface area contributed by atoms with Gasteiger partial charge >= 0.3 is 0 Å². The minimum atomic E-state index is 0.287. The quantitative estimate of drug-likeness (QED) is 0.427. The van der Waals surface area contributed by atoms with Gasteiger partial charge in [-0.1, -0.05) is 39.2 Å². The predicted molar refractivity (Wildman–Crippen MR) is 57.3 cm³/mol. The lowest BCUT2D eigenvalue weighted by Gasteiger charge is -2.18. The van der Waals surface area contributed by atoms with Crippen LogP contribution in [0.2, 0.25) is 0 Å². The van der Waals surface area contributed by atoms with Gasteiger partial charge in [0, 0.05) is 6.42 Å². The topological polar surface area (TPSA) is 23.8 Å². The summed E-state index contributed by atoms with van der Waals surface area (Å²) in [5.74, 6) is 0. The number of nitriles is 1. The van der Waals surface area contributed by atoms with Crippen molar-refractivity contribution >= 4 is 0 Å². The van der Waals surface area contributed by atoms with Crippen LogP contribution in [0.1, 0.15) is 52.4 Å². The van der Waals surface area contributed by atoms with Crippen LogP contribution in [0, 0.1) is 16.7 Å². The molecule has 0 saturated carbocycles. The molecule has 0 saturated heterocycles. The highest BCUT2D eigenvalue weighted by Crippen LogP contribution is 2.24. The van der Waals surface area contributed by atoms with Crippen molar-refractivity contribution in [1.82, 2.24) is 0 Å². The van der Waals surface area contributed by atoms with E-state index >= 15 is 0 Å². The number of unbranched alkanes of at least 4 members (excludes halogenated alkanes) is 4. The van der Waals surface area contributed by atoms with Crippen molar-refractivity contribution in [2.24, 2.45) is 5.41 Å². The molecule has 74 valence electrons. The molecule has 0 aromatic heterocycles. The van der Waals surface area contributed by atoms with Crippen molar-refractivity contribution in [3.05, 3.63) is 12.7 Å². The number of nitrogens with zero attached hydrogens (tertiary/aromatic N) is 1. The van der Waals surface area contributed by atoms with E-state index in [0.29, 0.717) is 6.42 Å². The van der Waals surface area contributed by atoms with Gasteiger partial charge in [0.2, 0.25) is 0 Å². The highest BCUT2D eigenvalue weighted by Gasteiger charge is 2.11. The first-order valence-corrected chi connectivity index (χ1v) is 5.13. The van der Waals surface area contributed by atoms with Crippen LogP contribution in [0.3, 0.4) is 0 Å². The van der Waals surface area contributed by atoms with Crippen LogP contribution >= 0.6 is 0 Å². The summed E-state index contributed by atoms with van der Waals surface area (Å²) in [6.45, 7) is 8.25. The molecule has 0 aliphatic heterocycles. The Labute approximate surface area is 82.5 Å². The first kappa shape index (κ1) is 12.2. The van der Waals surface area contributed by atoms with E-state index in [-0.39, 0.29) is 5.41 Å². The molecule has 0 spiro atoms. The number of allylic oxidation sites excluding steroid dienone is 1. The Kier molecular flexibility index (Phi) is 6.32. The fraction of sp³-hybridized carbons (Fsp3) is 0.750. The van der Waals surface area contributed by atoms with Gasteiger partial charge in [-0.2, -0.15) is 5.26 Å². The van der Waals surface area contributed by atoms with Crippen molar-refractivity contribution < 1.29 is 0 Å². The second-order valence-corrected chi connectivity index (χ2v) is 4.27. The Morgan fingerprint density at radius 3 is 2.38 bits per heavy atom. The van der Waals surface area contributed by atoms with Crippen LogP contribution in [-0.2, 0) is 0 Å². The minimum absolute atomic E-state index is 0.287. The maximum atomic E-state index is 8.33. The molecule has 0 unspecified atom stereocenters. The zero-order valence-corrected chi connectivity index (χ0v) is 8.97. The Morgan fingerprint density at radius 1 is 1.23 bits per heavy atom. The number of hydrogen-bond donors (Lipinski definition) is 0. The average molecular weight is 179 g/mol. The second kappa shape index (κ2) is 6.71. The van der Waals surface area contributed by atoms with Crippen LogP contribution in [0.25, 0.3) is 0 Å². The molecule has 0 heterocycles. The Bertz CT molecular complexity index is 174. The average Bonchev–Trinajstić information content (AvgIpc) is 2.11. The maximum Gasteiger partial charge on any atom is 0.0621 e. The van der Waals surface area contributed by atoms with E-state index in [1.807, 2.05) is 6.08 Å². The van der Waals surface area contributed by atoms with Gasteiger partial charge in [0.15, 0.2) is 0 Å². The summed E-state index contributed by atoms with van der Waals surface area (Å²) in [5, 5.41) is 8.33. The molecule has 0 bridgehead atoms. The summed E-state index contributed by atoms with van der Waals surface area (Å²) >= 11 is 0. The lowest BCUT2D eigenvalue weighted by molar-refractivity contribution is 0.410. The summed E-state index contributed by atoms with van der Waals surface area (Å²) in [7, 11) is 0. The van der Waals surface area contributed by atoms with Gasteiger partial charge < -0.3 is 0 Å². The molecular weight excluding hydrogens is 158 g/mol. The van der Waals surface area contributed by atoms with Crippen LogP contribution < -0.4 is 0 Å². The van der Waals surface area contributed by atoms with Gasteiger partial charge in [-0.25, -0.2) is 0 Å². The minimum Gasteiger partial charge on any atom is -0.198 e. The maximum absolute atomic E-state index is 8.33. The molecule has 0 fully saturated rings. The molecule has 0 aliphatic carbocycles. The standard InChI is InChI=1S/C12H21N/c1-4-12(2,3)10-8-6-5-7-9-11-13/h4H,1,5-10H2,2-3H3. The Balaban J connectivity index is 3.26. The summed E-state index contributed by atoms with van der Waals surface area (Å²) in [4.78, 5) is 0. The molecule has 1 heteroatoms. The van der Waals surface area contributed by atoms with Gasteiger partial charge in [0.1, 0.15) is 0 Å². The molecule has 1 nitrogen and oxygen atoms in total. The van der Waals surface area contributed by atoms with Gasteiger partial charge in [-0.05, 0) is 18.3 Å². The van der Waals surface area contributed by atoms with E-state index in [4.69, 9.17) is 5.26 Å². The molecule has 0 aliphatic rings. The van der Waals surface area contributed by atoms with E-state index in [9.17, 15) is 0 Å². The molecule has 0 atom stereocenters. The Hall–Kier alpha value is -0.770.